The highest BCUT2D eigenvalue weighted by molar-refractivity contribution is 4.72. The van der Waals surface area contributed by atoms with Crippen LogP contribution in [0.1, 0.15) is 12.8 Å². The van der Waals surface area contributed by atoms with E-state index >= 15 is 0 Å². The van der Waals surface area contributed by atoms with E-state index in [0.717, 1.165) is 0 Å². The zero-order chi connectivity index (χ0) is 9.10. The third-order valence-corrected chi connectivity index (χ3v) is 3.19. The number of hydrogen-bond donors (Lipinski definition) is 0. The molecule has 2 aliphatic rings. The molecule has 0 aliphatic carbocycles. The molecule has 0 aromatic rings. The van der Waals surface area contributed by atoms with Crippen LogP contribution in [0.25, 0.3) is 0 Å². The minimum Gasteiger partial charge on any atom is -0.304 e. The molecular formula is C10H21N3. The molecule has 0 atom stereocenters. The van der Waals surface area contributed by atoms with Gasteiger partial charge >= 0.3 is 0 Å². The predicted octanol–water partition coefficient (Wildman–Crippen LogP) is 0.287. The molecule has 0 aromatic carbocycles. The van der Waals surface area contributed by atoms with Crippen LogP contribution in [0.3, 0.4) is 0 Å². The molecule has 0 bridgehead atoms. The number of hydrogen-bond acceptors (Lipinski definition) is 3. The largest absolute Gasteiger partial charge is 0.304 e. The Bertz CT molecular complexity index is 146. The van der Waals surface area contributed by atoms with Crippen molar-refractivity contribution < 1.29 is 0 Å². The molecule has 3 nitrogen and oxygen atoms in total. The molecule has 0 saturated carbocycles. The number of likely N-dealkylation sites (N-methyl/N-ethyl adjacent to an activating group) is 1. The van der Waals surface area contributed by atoms with Gasteiger partial charge in [0.1, 0.15) is 0 Å². The van der Waals surface area contributed by atoms with Crippen LogP contribution in [0.15, 0.2) is 0 Å². The van der Waals surface area contributed by atoms with Crippen LogP contribution in [0.5, 0.6) is 0 Å². The van der Waals surface area contributed by atoms with Crippen LogP contribution >= 0.6 is 0 Å². The molecule has 0 spiro atoms. The lowest BCUT2D eigenvalue weighted by Gasteiger charge is -2.34. The Morgan fingerprint density at radius 3 is 1.92 bits per heavy atom. The zero-order valence-electron chi connectivity index (χ0n) is 8.71. The van der Waals surface area contributed by atoms with Gasteiger partial charge in [-0.2, -0.15) is 0 Å². The van der Waals surface area contributed by atoms with Gasteiger partial charge in [-0.3, -0.25) is 9.80 Å². The van der Waals surface area contributed by atoms with Crippen LogP contribution < -0.4 is 0 Å². The lowest BCUT2D eigenvalue weighted by Crippen LogP contribution is -2.48. The minimum atomic E-state index is 1.22. The van der Waals surface area contributed by atoms with Crippen LogP contribution in [0.4, 0.5) is 0 Å². The van der Waals surface area contributed by atoms with Crippen LogP contribution in [-0.4, -0.2) is 67.7 Å². The van der Waals surface area contributed by atoms with E-state index in [0.29, 0.717) is 0 Å². The summed E-state index contributed by atoms with van der Waals surface area (Å²) in [5.74, 6) is 0. The van der Waals surface area contributed by atoms with E-state index in [2.05, 4.69) is 21.7 Å². The first kappa shape index (κ1) is 9.44. The fourth-order valence-corrected chi connectivity index (χ4v) is 2.20. The van der Waals surface area contributed by atoms with E-state index in [1.807, 2.05) is 0 Å². The van der Waals surface area contributed by atoms with Crippen molar-refractivity contribution in [2.24, 2.45) is 0 Å². The zero-order valence-corrected chi connectivity index (χ0v) is 8.71. The highest BCUT2D eigenvalue weighted by Gasteiger charge is 2.18. The lowest BCUT2D eigenvalue weighted by molar-refractivity contribution is 0.0958. The summed E-state index contributed by atoms with van der Waals surface area (Å²) in [4.78, 5) is 7.59. The molecule has 2 rings (SSSR count). The molecule has 2 aliphatic heterocycles. The van der Waals surface area contributed by atoms with Crippen LogP contribution in [-0.2, 0) is 0 Å². The van der Waals surface area contributed by atoms with Gasteiger partial charge in [-0.25, -0.2) is 0 Å². The van der Waals surface area contributed by atoms with Crippen molar-refractivity contribution in [2.75, 3.05) is 53.0 Å². The van der Waals surface area contributed by atoms with E-state index in [9.17, 15) is 0 Å². The van der Waals surface area contributed by atoms with E-state index in [1.165, 1.54) is 58.8 Å². The molecule has 0 aromatic heterocycles. The normalized spacial score (nSPS) is 28.4. The van der Waals surface area contributed by atoms with Gasteiger partial charge in [0.2, 0.25) is 0 Å². The standard InChI is InChI=1S/C10H21N3/c1-11-6-8-13(9-7-11)10-12-4-2-3-5-12/h2-10H2,1H3. The molecule has 0 N–H and O–H groups in total. The Kier molecular flexibility index (Phi) is 3.19. The molecule has 0 amide bonds. The minimum absolute atomic E-state index is 1.22. The fraction of sp³-hybridized carbons (Fsp3) is 1.00. The SMILES string of the molecule is CN1CCN(CN2CCCC2)CC1. The number of nitrogens with zero attached hydrogens (tertiary/aromatic N) is 3. The quantitative estimate of drug-likeness (QED) is 0.609. The Morgan fingerprint density at radius 2 is 1.31 bits per heavy atom. The Morgan fingerprint density at radius 1 is 0.769 bits per heavy atom. The summed E-state index contributed by atoms with van der Waals surface area (Å²) in [7, 11) is 2.22. The summed E-state index contributed by atoms with van der Waals surface area (Å²) in [6, 6.07) is 0. The van der Waals surface area contributed by atoms with Crippen molar-refractivity contribution in [3.05, 3.63) is 0 Å². The number of piperazine rings is 1. The van der Waals surface area contributed by atoms with Crippen molar-refractivity contribution in [2.45, 2.75) is 12.8 Å². The molecule has 76 valence electrons. The first-order valence-electron chi connectivity index (χ1n) is 5.48. The highest BCUT2D eigenvalue weighted by Crippen LogP contribution is 2.09. The molecule has 2 fully saturated rings. The third kappa shape index (κ3) is 2.66. The number of rotatable bonds is 2. The Balaban J connectivity index is 1.69. The van der Waals surface area contributed by atoms with Crippen LogP contribution in [0.2, 0.25) is 0 Å². The van der Waals surface area contributed by atoms with Gasteiger partial charge in [0.25, 0.3) is 0 Å². The summed E-state index contributed by atoms with van der Waals surface area (Å²) in [5, 5.41) is 0. The second kappa shape index (κ2) is 4.40. The Labute approximate surface area is 81.3 Å². The summed E-state index contributed by atoms with van der Waals surface area (Å²) in [6.07, 6.45) is 2.82. The summed E-state index contributed by atoms with van der Waals surface area (Å²) in [6.45, 7) is 8.87. The fourth-order valence-electron chi connectivity index (χ4n) is 2.20. The summed E-state index contributed by atoms with van der Waals surface area (Å²) < 4.78 is 0. The Hall–Kier alpha value is -0.120. The van der Waals surface area contributed by atoms with Gasteiger partial charge in [0.15, 0.2) is 0 Å². The first-order chi connectivity index (χ1) is 6.34. The van der Waals surface area contributed by atoms with Crippen molar-refractivity contribution in [1.29, 1.82) is 0 Å². The van der Waals surface area contributed by atoms with E-state index < -0.39 is 0 Å². The topological polar surface area (TPSA) is 9.72 Å². The molecule has 13 heavy (non-hydrogen) atoms. The second-order valence-electron chi connectivity index (χ2n) is 4.39. The monoisotopic (exact) mass is 183 g/mol. The van der Waals surface area contributed by atoms with Crippen molar-refractivity contribution in [3.63, 3.8) is 0 Å². The smallest absolute Gasteiger partial charge is 0.0507 e. The average Bonchev–Trinajstić information content (AvgIpc) is 2.62. The first-order valence-corrected chi connectivity index (χ1v) is 5.48. The van der Waals surface area contributed by atoms with Gasteiger partial charge in [-0.15, -0.1) is 0 Å². The van der Waals surface area contributed by atoms with E-state index in [-0.39, 0.29) is 0 Å². The maximum atomic E-state index is 2.59. The molecule has 3 heteroatoms. The molecule has 2 saturated heterocycles. The molecular weight excluding hydrogens is 162 g/mol. The molecule has 0 radical (unpaired) electrons. The van der Waals surface area contributed by atoms with E-state index in [4.69, 9.17) is 0 Å². The summed E-state index contributed by atoms with van der Waals surface area (Å²) >= 11 is 0. The number of likely N-dealkylation sites (tertiary alicyclic amines) is 1. The predicted molar refractivity (Wildman–Crippen MR) is 54.7 cm³/mol. The van der Waals surface area contributed by atoms with Gasteiger partial charge in [0, 0.05) is 26.2 Å². The van der Waals surface area contributed by atoms with Gasteiger partial charge in [-0.05, 0) is 33.0 Å². The van der Waals surface area contributed by atoms with Crippen molar-refractivity contribution in [1.82, 2.24) is 14.7 Å². The van der Waals surface area contributed by atoms with Gasteiger partial charge in [-0.1, -0.05) is 0 Å². The maximum absolute atomic E-state index is 2.59. The maximum Gasteiger partial charge on any atom is 0.0507 e. The summed E-state index contributed by atoms with van der Waals surface area (Å²) in [5.41, 5.74) is 0. The molecule has 0 unspecified atom stereocenters. The van der Waals surface area contributed by atoms with Crippen molar-refractivity contribution in [3.8, 4) is 0 Å². The van der Waals surface area contributed by atoms with Gasteiger partial charge in [0.05, 0.1) is 6.67 Å². The van der Waals surface area contributed by atoms with E-state index in [1.54, 1.807) is 0 Å². The molecule has 2 heterocycles. The highest BCUT2D eigenvalue weighted by atomic mass is 15.3. The van der Waals surface area contributed by atoms with Gasteiger partial charge < -0.3 is 4.90 Å². The second-order valence-corrected chi connectivity index (χ2v) is 4.39. The third-order valence-electron chi connectivity index (χ3n) is 3.19. The van der Waals surface area contributed by atoms with Crippen LogP contribution in [0, 0.1) is 0 Å². The van der Waals surface area contributed by atoms with Crippen molar-refractivity contribution >= 4 is 0 Å². The lowest BCUT2D eigenvalue weighted by atomic mass is 10.3. The average molecular weight is 183 g/mol.